The molecule has 0 aliphatic carbocycles. The highest BCUT2D eigenvalue weighted by atomic mass is 32.2. The minimum absolute atomic E-state index is 0.264. The first kappa shape index (κ1) is 9.61. The minimum Gasteiger partial charge on any atom is -0.396 e. The Bertz CT molecular complexity index is 225. The topological polar surface area (TPSA) is 38.0 Å². The second-order valence-electron chi connectivity index (χ2n) is 2.42. The van der Waals surface area contributed by atoms with Crippen LogP contribution in [0.3, 0.4) is 0 Å². The Kier molecular flexibility index (Phi) is 4.18. The first-order valence-corrected chi connectivity index (χ1v) is 5.11. The predicted molar refractivity (Wildman–Crippen MR) is 50.3 cm³/mol. The largest absolute Gasteiger partial charge is 0.396 e. The summed E-state index contributed by atoms with van der Waals surface area (Å²) in [4.78, 5) is 4.20. The molecular weight excluding hydrogens is 172 g/mol. The molecule has 0 spiro atoms. The van der Waals surface area contributed by atoms with E-state index >= 15 is 0 Å². The fourth-order valence-electron chi connectivity index (χ4n) is 0.904. The van der Waals surface area contributed by atoms with E-state index in [0.717, 1.165) is 23.9 Å². The molecule has 0 amide bonds. The molecule has 0 bridgehead atoms. The van der Waals surface area contributed by atoms with Crippen LogP contribution in [0.5, 0.6) is 0 Å². The molecule has 68 valence electrons. The van der Waals surface area contributed by atoms with Gasteiger partial charge in [0, 0.05) is 31.3 Å². The summed E-state index contributed by atoms with van der Waals surface area (Å²) < 4.78 is 2.10. The van der Waals surface area contributed by atoms with Gasteiger partial charge in [-0.1, -0.05) is 11.8 Å². The first-order valence-electron chi connectivity index (χ1n) is 4.13. The number of aromatic nitrogens is 2. The smallest absolute Gasteiger partial charge is 0.167 e. The molecule has 0 atom stereocenters. The van der Waals surface area contributed by atoms with Crippen molar-refractivity contribution in [1.82, 2.24) is 9.55 Å². The molecule has 12 heavy (non-hydrogen) atoms. The van der Waals surface area contributed by atoms with E-state index in [9.17, 15) is 0 Å². The van der Waals surface area contributed by atoms with E-state index in [-0.39, 0.29) is 6.61 Å². The zero-order valence-corrected chi connectivity index (χ0v) is 8.05. The fourth-order valence-corrected chi connectivity index (χ4v) is 1.85. The number of hydrogen-bond acceptors (Lipinski definition) is 3. The van der Waals surface area contributed by atoms with Crippen molar-refractivity contribution in [3.8, 4) is 0 Å². The molecule has 0 aromatic carbocycles. The maximum atomic E-state index is 8.58. The van der Waals surface area contributed by atoms with Gasteiger partial charge in [0.1, 0.15) is 0 Å². The molecule has 1 N–H and O–H groups in total. The number of hydrogen-bond donors (Lipinski definition) is 1. The van der Waals surface area contributed by atoms with Gasteiger partial charge >= 0.3 is 0 Å². The molecule has 0 fully saturated rings. The molecule has 0 radical (unpaired) electrons. The highest BCUT2D eigenvalue weighted by Crippen LogP contribution is 2.15. The summed E-state index contributed by atoms with van der Waals surface area (Å²) in [5.41, 5.74) is 0. The van der Waals surface area contributed by atoms with Crippen LogP contribution in [0.2, 0.25) is 0 Å². The van der Waals surface area contributed by atoms with E-state index in [4.69, 9.17) is 5.11 Å². The van der Waals surface area contributed by atoms with Crippen molar-refractivity contribution in [2.45, 2.75) is 25.0 Å². The maximum absolute atomic E-state index is 8.58. The first-order chi connectivity index (χ1) is 5.88. The molecular formula is C8H14N2OS. The molecule has 1 aromatic heterocycles. The van der Waals surface area contributed by atoms with Crippen molar-refractivity contribution in [3.63, 3.8) is 0 Å². The highest BCUT2D eigenvalue weighted by Gasteiger charge is 1.99. The Morgan fingerprint density at radius 2 is 2.50 bits per heavy atom. The molecule has 1 aromatic rings. The van der Waals surface area contributed by atoms with Crippen LogP contribution in [0.15, 0.2) is 17.6 Å². The Morgan fingerprint density at radius 3 is 3.17 bits per heavy atom. The third kappa shape index (κ3) is 2.53. The van der Waals surface area contributed by atoms with Gasteiger partial charge in [-0.3, -0.25) is 0 Å². The molecule has 0 aliphatic rings. The van der Waals surface area contributed by atoms with Crippen molar-refractivity contribution in [1.29, 1.82) is 0 Å². The zero-order chi connectivity index (χ0) is 8.81. The predicted octanol–water partition coefficient (Wildman–Crippen LogP) is 1.38. The van der Waals surface area contributed by atoms with Crippen LogP contribution >= 0.6 is 11.8 Å². The monoisotopic (exact) mass is 186 g/mol. The van der Waals surface area contributed by atoms with Crippen molar-refractivity contribution in [2.24, 2.45) is 0 Å². The van der Waals surface area contributed by atoms with Gasteiger partial charge in [-0.2, -0.15) is 0 Å². The lowest BCUT2D eigenvalue weighted by molar-refractivity contribution is 0.296. The van der Waals surface area contributed by atoms with Crippen LogP contribution < -0.4 is 0 Å². The normalized spacial score (nSPS) is 10.5. The van der Waals surface area contributed by atoms with E-state index in [1.165, 1.54) is 0 Å². The van der Waals surface area contributed by atoms with Crippen LogP contribution in [-0.4, -0.2) is 27.0 Å². The molecule has 1 heterocycles. The number of thioether (sulfide) groups is 1. The Hall–Kier alpha value is -0.480. The van der Waals surface area contributed by atoms with Gasteiger partial charge < -0.3 is 9.67 Å². The van der Waals surface area contributed by atoms with Gasteiger partial charge in [-0.25, -0.2) is 4.98 Å². The SMILES string of the molecule is CCn1ccnc1SCCCO. The molecule has 0 aliphatic heterocycles. The molecule has 1 rings (SSSR count). The summed E-state index contributed by atoms with van der Waals surface area (Å²) in [7, 11) is 0. The summed E-state index contributed by atoms with van der Waals surface area (Å²) in [6.45, 7) is 3.32. The van der Waals surface area contributed by atoms with Crippen LogP contribution in [-0.2, 0) is 6.54 Å². The average Bonchev–Trinajstić information content (AvgIpc) is 2.52. The highest BCUT2D eigenvalue weighted by molar-refractivity contribution is 7.99. The summed E-state index contributed by atoms with van der Waals surface area (Å²) in [5, 5.41) is 9.63. The van der Waals surface area contributed by atoms with Crippen LogP contribution in [0, 0.1) is 0 Å². The lowest BCUT2D eigenvalue weighted by Gasteiger charge is -2.02. The third-order valence-corrected chi connectivity index (χ3v) is 2.64. The molecule has 0 unspecified atom stereocenters. The maximum Gasteiger partial charge on any atom is 0.167 e. The van der Waals surface area contributed by atoms with E-state index in [1.54, 1.807) is 11.8 Å². The summed E-state index contributed by atoms with van der Waals surface area (Å²) in [5.74, 6) is 0.938. The standard InChI is InChI=1S/C8H14N2OS/c1-2-10-5-4-9-8(10)12-7-3-6-11/h4-5,11H,2-3,6-7H2,1H3. The Balaban J connectivity index is 2.39. The van der Waals surface area contributed by atoms with E-state index in [2.05, 4.69) is 16.5 Å². The number of aliphatic hydroxyl groups is 1. The fraction of sp³-hybridized carbons (Fsp3) is 0.625. The molecule has 0 saturated heterocycles. The second-order valence-corrected chi connectivity index (χ2v) is 3.48. The van der Waals surface area contributed by atoms with Gasteiger partial charge in [0.2, 0.25) is 0 Å². The van der Waals surface area contributed by atoms with E-state index in [1.807, 2.05) is 12.4 Å². The zero-order valence-electron chi connectivity index (χ0n) is 7.23. The number of aliphatic hydroxyl groups excluding tert-OH is 1. The van der Waals surface area contributed by atoms with Crippen LogP contribution in [0.25, 0.3) is 0 Å². The number of nitrogens with zero attached hydrogens (tertiary/aromatic N) is 2. The Morgan fingerprint density at radius 1 is 1.67 bits per heavy atom. The van der Waals surface area contributed by atoms with Crippen LogP contribution in [0.4, 0.5) is 0 Å². The molecule has 0 saturated carbocycles. The van der Waals surface area contributed by atoms with Gasteiger partial charge in [-0.05, 0) is 13.3 Å². The summed E-state index contributed by atoms with van der Waals surface area (Å²) in [6, 6.07) is 0. The summed E-state index contributed by atoms with van der Waals surface area (Å²) >= 11 is 1.69. The number of imidazole rings is 1. The van der Waals surface area contributed by atoms with Gasteiger partial charge in [0.25, 0.3) is 0 Å². The quantitative estimate of drug-likeness (QED) is 0.557. The van der Waals surface area contributed by atoms with E-state index in [0.29, 0.717) is 0 Å². The third-order valence-electron chi connectivity index (χ3n) is 1.55. The van der Waals surface area contributed by atoms with Crippen molar-refractivity contribution in [2.75, 3.05) is 12.4 Å². The van der Waals surface area contributed by atoms with Crippen molar-refractivity contribution < 1.29 is 5.11 Å². The average molecular weight is 186 g/mol. The lowest BCUT2D eigenvalue weighted by Crippen LogP contribution is -1.95. The minimum atomic E-state index is 0.264. The van der Waals surface area contributed by atoms with Crippen molar-refractivity contribution >= 4 is 11.8 Å². The Labute approximate surface area is 76.8 Å². The summed E-state index contributed by atoms with van der Waals surface area (Å²) in [6.07, 6.45) is 4.62. The lowest BCUT2D eigenvalue weighted by atomic mass is 10.5. The van der Waals surface area contributed by atoms with E-state index < -0.39 is 0 Å². The van der Waals surface area contributed by atoms with Gasteiger partial charge in [0.15, 0.2) is 5.16 Å². The number of aryl methyl sites for hydroxylation is 1. The van der Waals surface area contributed by atoms with Gasteiger partial charge in [0.05, 0.1) is 0 Å². The molecule has 4 heteroatoms. The molecule has 3 nitrogen and oxygen atoms in total. The van der Waals surface area contributed by atoms with Crippen molar-refractivity contribution in [3.05, 3.63) is 12.4 Å². The second kappa shape index (κ2) is 5.22. The van der Waals surface area contributed by atoms with Gasteiger partial charge in [-0.15, -0.1) is 0 Å². The van der Waals surface area contributed by atoms with Crippen LogP contribution in [0.1, 0.15) is 13.3 Å². The number of rotatable bonds is 5.